The topological polar surface area (TPSA) is 106 Å². The van der Waals surface area contributed by atoms with Gasteiger partial charge >= 0.3 is 5.97 Å². The van der Waals surface area contributed by atoms with Crippen molar-refractivity contribution in [3.63, 3.8) is 0 Å². The number of carboxylic acid groups (broad SMARTS) is 1. The molecule has 1 fully saturated rings. The molecule has 1 amide bonds. The van der Waals surface area contributed by atoms with Gasteiger partial charge in [0.05, 0.1) is 30.8 Å². The number of aryl methyl sites for hydroxylation is 2. The molecule has 1 heterocycles. The molecule has 1 unspecified atom stereocenters. The van der Waals surface area contributed by atoms with E-state index in [0.717, 1.165) is 16.7 Å². The molecule has 0 spiro atoms. The molecule has 0 saturated carbocycles. The van der Waals surface area contributed by atoms with Crippen molar-refractivity contribution in [2.45, 2.75) is 44.7 Å². The first-order chi connectivity index (χ1) is 18.7. The maximum Gasteiger partial charge on any atom is 0.326 e. The zero-order chi connectivity index (χ0) is 28.0. The number of piperidine rings is 1. The molecule has 1 aliphatic rings. The zero-order valence-corrected chi connectivity index (χ0v) is 22.1. The van der Waals surface area contributed by atoms with Crippen LogP contribution in [0.1, 0.15) is 45.5 Å². The second-order valence-electron chi connectivity index (χ2n) is 9.88. The van der Waals surface area contributed by atoms with Crippen LogP contribution < -0.4 is 10.7 Å². The lowest BCUT2D eigenvalue weighted by molar-refractivity contribution is -0.687. The molecule has 0 radical (unpaired) electrons. The van der Waals surface area contributed by atoms with Crippen LogP contribution in [0, 0.1) is 25.3 Å². The SMILES string of the molecule is [C-]#[N+]C1(c2ccccc2)CCN([N+](=O)Nc2ccc(CC(NC(=O)c3c(C)cccc3C)C(=O)O)cc2)CC1. The van der Waals surface area contributed by atoms with Crippen LogP contribution >= 0.6 is 0 Å². The van der Waals surface area contributed by atoms with Gasteiger partial charge in [0, 0.05) is 17.5 Å². The predicted octanol–water partition coefficient (Wildman–Crippen LogP) is 4.66. The van der Waals surface area contributed by atoms with Gasteiger partial charge in [-0.15, -0.1) is 5.01 Å². The molecule has 200 valence electrons. The number of nitrogens with one attached hydrogen (secondary N) is 2. The summed E-state index contributed by atoms with van der Waals surface area (Å²) in [5.41, 5.74) is 6.46. The van der Waals surface area contributed by atoms with E-state index >= 15 is 0 Å². The summed E-state index contributed by atoms with van der Waals surface area (Å²) in [5.74, 6) is -1.55. The smallest absolute Gasteiger partial charge is 0.326 e. The number of benzene rings is 3. The number of carbonyl (C=O) groups is 2. The number of carboxylic acids is 1. The van der Waals surface area contributed by atoms with Gasteiger partial charge in [0.1, 0.15) is 11.7 Å². The number of hydrogen-bond acceptors (Lipinski definition) is 3. The molecule has 3 N–H and O–H groups in total. The van der Waals surface area contributed by atoms with E-state index in [9.17, 15) is 19.6 Å². The van der Waals surface area contributed by atoms with Gasteiger partial charge in [-0.25, -0.2) is 11.4 Å². The number of amides is 1. The van der Waals surface area contributed by atoms with Crippen LogP contribution in [0.5, 0.6) is 0 Å². The number of aliphatic carboxylic acids is 1. The normalized spacial score (nSPS) is 15.1. The van der Waals surface area contributed by atoms with E-state index in [0.29, 0.717) is 47.7 Å². The quantitative estimate of drug-likeness (QED) is 0.213. The molecule has 1 saturated heterocycles. The van der Waals surface area contributed by atoms with Crippen molar-refractivity contribution < 1.29 is 19.7 Å². The van der Waals surface area contributed by atoms with Crippen LogP contribution in [-0.2, 0) is 16.8 Å². The van der Waals surface area contributed by atoms with Gasteiger partial charge in [-0.05, 0) is 42.7 Å². The van der Waals surface area contributed by atoms with Crippen LogP contribution in [-0.4, -0.2) is 46.1 Å². The molecular formula is C30H32N5O4+. The fourth-order valence-electron chi connectivity index (χ4n) is 5.00. The lowest BCUT2D eigenvalue weighted by Gasteiger charge is -2.29. The molecular weight excluding hydrogens is 494 g/mol. The van der Waals surface area contributed by atoms with Crippen molar-refractivity contribution in [3.8, 4) is 0 Å². The molecule has 1 atom stereocenters. The largest absolute Gasteiger partial charge is 0.480 e. The van der Waals surface area contributed by atoms with Crippen molar-refractivity contribution in [1.29, 1.82) is 0 Å². The third-order valence-electron chi connectivity index (χ3n) is 7.28. The van der Waals surface area contributed by atoms with Gasteiger partial charge in [-0.1, -0.05) is 66.1 Å². The minimum Gasteiger partial charge on any atom is -0.480 e. The first-order valence-corrected chi connectivity index (χ1v) is 12.8. The molecule has 0 bridgehead atoms. The van der Waals surface area contributed by atoms with Gasteiger partial charge in [-0.3, -0.25) is 4.79 Å². The summed E-state index contributed by atoms with van der Waals surface area (Å²) >= 11 is 0. The summed E-state index contributed by atoms with van der Waals surface area (Å²) in [7, 11) is 0. The van der Waals surface area contributed by atoms with Gasteiger partial charge in [0.2, 0.25) is 0 Å². The minimum atomic E-state index is -1.13. The Morgan fingerprint density at radius 2 is 1.62 bits per heavy atom. The molecule has 9 heteroatoms. The molecule has 3 aromatic rings. The van der Waals surface area contributed by atoms with Crippen LogP contribution in [0.25, 0.3) is 4.85 Å². The number of rotatable bonds is 9. The van der Waals surface area contributed by atoms with E-state index in [1.807, 2.05) is 62.4 Å². The van der Waals surface area contributed by atoms with Crippen molar-refractivity contribution in [2.24, 2.45) is 0 Å². The second kappa shape index (κ2) is 11.8. The van der Waals surface area contributed by atoms with E-state index in [4.69, 9.17) is 6.57 Å². The van der Waals surface area contributed by atoms with Crippen molar-refractivity contribution in [1.82, 2.24) is 10.3 Å². The third kappa shape index (κ3) is 6.24. The van der Waals surface area contributed by atoms with Crippen molar-refractivity contribution in [2.75, 3.05) is 18.5 Å². The van der Waals surface area contributed by atoms with E-state index in [1.165, 1.54) is 0 Å². The Labute approximate surface area is 227 Å². The molecule has 4 rings (SSSR count). The van der Waals surface area contributed by atoms with Gasteiger partial charge in [-0.2, -0.15) is 0 Å². The summed E-state index contributed by atoms with van der Waals surface area (Å²) in [6.45, 7) is 12.3. The Balaban J connectivity index is 1.34. The summed E-state index contributed by atoms with van der Waals surface area (Å²) in [4.78, 5) is 42.1. The Morgan fingerprint density at radius 3 is 2.18 bits per heavy atom. The summed E-state index contributed by atoms with van der Waals surface area (Å²) < 4.78 is 0. The second-order valence-corrected chi connectivity index (χ2v) is 9.88. The average molecular weight is 527 g/mol. The van der Waals surface area contributed by atoms with Gasteiger partial charge in [0.25, 0.3) is 16.4 Å². The molecule has 9 nitrogen and oxygen atoms in total. The Kier molecular flexibility index (Phi) is 8.25. The molecule has 39 heavy (non-hydrogen) atoms. The summed E-state index contributed by atoms with van der Waals surface area (Å²) in [5, 5.41) is 14.0. The number of carbonyl (C=O) groups excluding carboxylic acids is 1. The first kappa shape index (κ1) is 27.3. The van der Waals surface area contributed by atoms with Crippen LogP contribution in [0.15, 0.2) is 72.8 Å². The van der Waals surface area contributed by atoms with Crippen LogP contribution in [0.2, 0.25) is 0 Å². The number of nitrogens with zero attached hydrogens (tertiary/aromatic N) is 3. The van der Waals surface area contributed by atoms with Gasteiger partial charge < -0.3 is 15.3 Å². The van der Waals surface area contributed by atoms with Crippen molar-refractivity contribution >= 4 is 17.6 Å². The third-order valence-corrected chi connectivity index (χ3v) is 7.28. The van der Waals surface area contributed by atoms with E-state index in [1.54, 1.807) is 29.3 Å². The maximum atomic E-state index is 12.8. The van der Waals surface area contributed by atoms with E-state index in [-0.39, 0.29) is 6.42 Å². The van der Waals surface area contributed by atoms with Gasteiger partial charge in [0.15, 0.2) is 0 Å². The summed E-state index contributed by atoms with van der Waals surface area (Å²) in [6, 6.07) is 20.9. The first-order valence-electron chi connectivity index (χ1n) is 12.8. The summed E-state index contributed by atoms with van der Waals surface area (Å²) in [6.07, 6.45) is 1.19. The number of hydrogen-bond donors (Lipinski definition) is 3. The highest BCUT2D eigenvalue weighted by Gasteiger charge is 2.45. The molecule has 1 aliphatic heterocycles. The lowest BCUT2D eigenvalue weighted by Crippen LogP contribution is -2.46. The highest BCUT2D eigenvalue weighted by atomic mass is 16.4. The Hall–Kier alpha value is -4.71. The molecule has 0 aromatic heterocycles. The zero-order valence-electron chi connectivity index (χ0n) is 22.1. The van der Waals surface area contributed by atoms with Crippen LogP contribution in [0.4, 0.5) is 5.69 Å². The highest BCUT2D eigenvalue weighted by Crippen LogP contribution is 2.37. The van der Waals surface area contributed by atoms with Crippen LogP contribution in [0.3, 0.4) is 0 Å². The highest BCUT2D eigenvalue weighted by molar-refractivity contribution is 5.99. The van der Waals surface area contributed by atoms with Crippen molar-refractivity contribution in [3.05, 3.63) is 117 Å². The Morgan fingerprint density at radius 1 is 1.00 bits per heavy atom. The monoisotopic (exact) mass is 526 g/mol. The Bertz CT molecular complexity index is 1370. The number of nitroso groups, excluding NO2 is 1. The standard InChI is InChI=1S/C30H31N5O4/c1-21-8-7-9-22(2)27(21)28(36)32-26(29(37)38)20-23-12-14-25(15-13-23)33-35(39)34-18-16-30(31-3,17-19-34)24-10-5-4-6-11-24/h4-15,26H,16-20H2,1-2H3,(H2-,32,33,36,37,38,39)/p+1. The maximum absolute atomic E-state index is 12.8. The minimum absolute atomic E-state index is 0.0949. The fourth-order valence-corrected chi connectivity index (χ4v) is 5.00. The fraction of sp³-hybridized carbons (Fsp3) is 0.300. The predicted molar refractivity (Wildman–Crippen MR) is 148 cm³/mol. The number of hydrazine groups is 2. The molecule has 0 aliphatic carbocycles. The average Bonchev–Trinajstić information content (AvgIpc) is 2.94. The van der Waals surface area contributed by atoms with E-state index in [2.05, 4.69) is 15.6 Å². The molecule has 3 aromatic carbocycles. The van der Waals surface area contributed by atoms with E-state index < -0.39 is 23.5 Å². The lowest BCUT2D eigenvalue weighted by atomic mass is 9.82. The number of anilines is 1.